The van der Waals surface area contributed by atoms with Crippen molar-refractivity contribution >= 4 is 28.1 Å². The molecule has 2 rings (SSSR count). The number of ether oxygens (including phenoxy) is 2. The summed E-state index contributed by atoms with van der Waals surface area (Å²) in [5, 5.41) is 4.06. The first-order chi connectivity index (χ1) is 14.5. The molecule has 0 saturated carbocycles. The van der Waals surface area contributed by atoms with Crippen LogP contribution < -0.4 is 14.9 Å². The van der Waals surface area contributed by atoms with Crippen molar-refractivity contribution in [3.63, 3.8) is 0 Å². The van der Waals surface area contributed by atoms with Crippen molar-refractivity contribution in [3.8, 4) is 11.5 Å². The average Bonchev–Trinajstić information content (AvgIpc) is 2.74. The molecule has 0 heterocycles. The van der Waals surface area contributed by atoms with Crippen LogP contribution in [0.1, 0.15) is 66.9 Å². The minimum absolute atomic E-state index is 0.254. The number of aryl methyl sites for hydroxylation is 1. The summed E-state index contributed by atoms with van der Waals surface area (Å²) in [7, 11) is 1.61. The van der Waals surface area contributed by atoms with Crippen molar-refractivity contribution in [1.29, 1.82) is 0 Å². The molecule has 2 aromatic carbocycles. The first-order valence-corrected chi connectivity index (χ1v) is 11.2. The predicted octanol–water partition coefficient (Wildman–Crippen LogP) is 6.27. The number of hydrazone groups is 1. The van der Waals surface area contributed by atoms with Crippen molar-refractivity contribution in [2.75, 3.05) is 13.7 Å². The van der Waals surface area contributed by atoms with E-state index in [1.165, 1.54) is 32.1 Å². The molecule has 0 aliphatic rings. The molecular weight excluding hydrogens is 444 g/mol. The fraction of sp³-hybridized carbons (Fsp3) is 0.417. The summed E-state index contributed by atoms with van der Waals surface area (Å²) >= 11 is 3.55. The maximum absolute atomic E-state index is 12.1. The Balaban J connectivity index is 1.91. The molecule has 30 heavy (non-hydrogen) atoms. The quantitative estimate of drug-likeness (QED) is 0.224. The van der Waals surface area contributed by atoms with Crippen LogP contribution in [0.3, 0.4) is 0 Å². The molecule has 0 unspecified atom stereocenters. The summed E-state index contributed by atoms with van der Waals surface area (Å²) in [6, 6.07) is 11.1. The second-order valence-corrected chi connectivity index (χ2v) is 8.07. The first kappa shape index (κ1) is 23.9. The molecule has 2 aromatic rings. The van der Waals surface area contributed by atoms with E-state index in [0.717, 1.165) is 22.0 Å². The molecule has 0 aliphatic carbocycles. The lowest BCUT2D eigenvalue weighted by Gasteiger charge is -2.13. The summed E-state index contributed by atoms with van der Waals surface area (Å²) in [6.07, 6.45) is 8.87. The topological polar surface area (TPSA) is 59.9 Å². The lowest BCUT2D eigenvalue weighted by molar-refractivity contribution is 0.0955. The van der Waals surface area contributed by atoms with Crippen LogP contribution in [0.5, 0.6) is 11.5 Å². The Bertz CT molecular complexity index is 835. The minimum Gasteiger partial charge on any atom is -0.493 e. The average molecular weight is 475 g/mol. The van der Waals surface area contributed by atoms with E-state index in [2.05, 4.69) is 33.4 Å². The van der Waals surface area contributed by atoms with Crippen LogP contribution in [-0.4, -0.2) is 25.8 Å². The van der Waals surface area contributed by atoms with Crippen molar-refractivity contribution in [2.45, 2.75) is 52.4 Å². The summed E-state index contributed by atoms with van der Waals surface area (Å²) in [5.74, 6) is 1.06. The molecule has 0 bridgehead atoms. The Morgan fingerprint density at radius 1 is 1.10 bits per heavy atom. The summed E-state index contributed by atoms with van der Waals surface area (Å²) in [4.78, 5) is 12.1. The number of nitrogens with one attached hydrogen (secondary N) is 1. The molecule has 0 atom stereocenters. The van der Waals surface area contributed by atoms with Crippen LogP contribution in [0.25, 0.3) is 0 Å². The van der Waals surface area contributed by atoms with Crippen LogP contribution in [0, 0.1) is 6.92 Å². The Morgan fingerprint density at radius 3 is 2.50 bits per heavy atom. The Morgan fingerprint density at radius 2 is 1.80 bits per heavy atom. The number of rotatable bonds is 12. The van der Waals surface area contributed by atoms with Gasteiger partial charge in [-0.15, -0.1) is 0 Å². The minimum atomic E-state index is -0.254. The standard InChI is InChI=1S/C24H31BrN2O3/c1-4-5-6-7-8-9-14-30-23-21(25)15-19(16-22(23)29-3)17-26-27-24(28)20-12-10-18(2)11-13-20/h10-13,15-17H,4-9,14H2,1-3H3,(H,27,28)/b26-17+. The first-order valence-electron chi connectivity index (χ1n) is 10.5. The fourth-order valence-electron chi connectivity index (χ4n) is 2.95. The smallest absolute Gasteiger partial charge is 0.271 e. The zero-order valence-electron chi connectivity index (χ0n) is 18.0. The molecule has 0 saturated heterocycles. The van der Waals surface area contributed by atoms with E-state index in [4.69, 9.17) is 9.47 Å². The molecule has 162 valence electrons. The van der Waals surface area contributed by atoms with Crippen LogP contribution in [-0.2, 0) is 0 Å². The lowest BCUT2D eigenvalue weighted by Crippen LogP contribution is -2.17. The van der Waals surface area contributed by atoms with Crippen molar-refractivity contribution in [3.05, 3.63) is 57.6 Å². The van der Waals surface area contributed by atoms with Crippen LogP contribution in [0.2, 0.25) is 0 Å². The lowest BCUT2D eigenvalue weighted by atomic mass is 10.1. The molecule has 0 radical (unpaired) electrons. The number of unbranched alkanes of at least 4 members (excludes halogenated alkanes) is 5. The molecule has 5 nitrogen and oxygen atoms in total. The maximum atomic E-state index is 12.1. The molecule has 0 aliphatic heterocycles. The monoisotopic (exact) mass is 474 g/mol. The van der Waals surface area contributed by atoms with E-state index in [1.54, 1.807) is 25.5 Å². The van der Waals surface area contributed by atoms with Crippen LogP contribution in [0.4, 0.5) is 0 Å². The van der Waals surface area contributed by atoms with Gasteiger partial charge < -0.3 is 9.47 Å². The van der Waals surface area contributed by atoms with Gasteiger partial charge in [-0.1, -0.05) is 56.7 Å². The number of carbonyl (C=O) groups is 1. The normalized spacial score (nSPS) is 10.9. The van der Waals surface area contributed by atoms with Crippen molar-refractivity contribution in [1.82, 2.24) is 5.43 Å². The molecule has 6 heteroatoms. The number of carbonyl (C=O) groups excluding carboxylic acids is 1. The number of hydrogen-bond acceptors (Lipinski definition) is 4. The Hall–Kier alpha value is -2.34. The van der Waals surface area contributed by atoms with Gasteiger partial charge in [0.05, 0.1) is 24.4 Å². The van der Waals surface area contributed by atoms with Crippen LogP contribution in [0.15, 0.2) is 46.0 Å². The van der Waals surface area contributed by atoms with E-state index in [0.29, 0.717) is 23.7 Å². The van der Waals surface area contributed by atoms with Gasteiger partial charge >= 0.3 is 0 Å². The van der Waals surface area contributed by atoms with E-state index >= 15 is 0 Å². The predicted molar refractivity (Wildman–Crippen MR) is 126 cm³/mol. The van der Waals surface area contributed by atoms with E-state index < -0.39 is 0 Å². The number of amides is 1. The van der Waals surface area contributed by atoms with E-state index in [1.807, 2.05) is 31.2 Å². The number of methoxy groups -OCH3 is 1. The summed E-state index contributed by atoms with van der Waals surface area (Å²) in [6.45, 7) is 4.85. The third-order valence-corrected chi connectivity index (χ3v) is 5.28. The molecule has 1 amide bonds. The molecule has 0 fully saturated rings. The third-order valence-electron chi connectivity index (χ3n) is 4.69. The molecule has 0 aromatic heterocycles. The van der Waals surface area contributed by atoms with Crippen LogP contribution >= 0.6 is 15.9 Å². The fourth-order valence-corrected chi connectivity index (χ4v) is 3.52. The van der Waals surface area contributed by atoms with Gasteiger partial charge in [-0.25, -0.2) is 5.43 Å². The van der Waals surface area contributed by atoms with Gasteiger partial charge in [-0.2, -0.15) is 5.10 Å². The zero-order valence-corrected chi connectivity index (χ0v) is 19.6. The van der Waals surface area contributed by atoms with Gasteiger partial charge in [0.25, 0.3) is 5.91 Å². The van der Waals surface area contributed by atoms with E-state index in [9.17, 15) is 4.79 Å². The summed E-state index contributed by atoms with van der Waals surface area (Å²) < 4.78 is 12.2. The molecule has 0 spiro atoms. The SMILES string of the molecule is CCCCCCCCOc1c(Br)cc(/C=N/NC(=O)c2ccc(C)cc2)cc1OC. The highest BCUT2D eigenvalue weighted by Gasteiger charge is 2.11. The highest BCUT2D eigenvalue weighted by Crippen LogP contribution is 2.36. The van der Waals surface area contributed by atoms with E-state index in [-0.39, 0.29) is 5.91 Å². The Kier molecular flexibility index (Phi) is 10.4. The number of hydrogen-bond donors (Lipinski definition) is 1. The number of nitrogens with zero attached hydrogens (tertiary/aromatic N) is 1. The Labute approximate surface area is 188 Å². The molecular formula is C24H31BrN2O3. The highest BCUT2D eigenvalue weighted by molar-refractivity contribution is 9.10. The number of benzene rings is 2. The second kappa shape index (κ2) is 13.1. The van der Waals surface area contributed by atoms with Gasteiger partial charge in [-0.05, 0) is 59.1 Å². The van der Waals surface area contributed by atoms with Crippen molar-refractivity contribution < 1.29 is 14.3 Å². The second-order valence-electron chi connectivity index (χ2n) is 7.22. The van der Waals surface area contributed by atoms with Gasteiger partial charge in [-0.3, -0.25) is 4.79 Å². The molecule has 1 N–H and O–H groups in total. The largest absolute Gasteiger partial charge is 0.493 e. The summed E-state index contributed by atoms with van der Waals surface area (Å²) in [5.41, 5.74) is 5.00. The van der Waals surface area contributed by atoms with Gasteiger partial charge in [0.15, 0.2) is 11.5 Å². The van der Waals surface area contributed by atoms with Gasteiger partial charge in [0, 0.05) is 5.56 Å². The third kappa shape index (κ3) is 7.82. The van der Waals surface area contributed by atoms with Gasteiger partial charge in [0.1, 0.15) is 0 Å². The number of halogens is 1. The van der Waals surface area contributed by atoms with Gasteiger partial charge in [0.2, 0.25) is 0 Å². The highest BCUT2D eigenvalue weighted by atomic mass is 79.9. The maximum Gasteiger partial charge on any atom is 0.271 e. The zero-order chi connectivity index (χ0) is 21.8. The van der Waals surface area contributed by atoms with Crippen molar-refractivity contribution in [2.24, 2.45) is 5.10 Å².